The molecule has 0 bridgehead atoms. The van der Waals surface area contributed by atoms with Gasteiger partial charge in [0.15, 0.2) is 11.5 Å². The van der Waals surface area contributed by atoms with E-state index >= 15 is 0 Å². The van der Waals surface area contributed by atoms with Gasteiger partial charge in [0.25, 0.3) is 0 Å². The van der Waals surface area contributed by atoms with Crippen molar-refractivity contribution in [3.63, 3.8) is 0 Å². The monoisotopic (exact) mass is 471 g/mol. The number of piperidine rings is 1. The van der Waals surface area contributed by atoms with Gasteiger partial charge in [-0.25, -0.2) is 4.79 Å². The molecule has 0 aromatic rings. The number of halogens is 3. The van der Waals surface area contributed by atoms with Crippen molar-refractivity contribution in [1.82, 2.24) is 15.5 Å². The molecular formula is C20H20F3N3O7. The molecule has 4 aliphatic rings. The fraction of sp³-hybridized carbons (Fsp3) is 0.550. The van der Waals surface area contributed by atoms with Crippen LogP contribution in [0.3, 0.4) is 0 Å². The van der Waals surface area contributed by atoms with Gasteiger partial charge in [0.1, 0.15) is 12.0 Å². The molecule has 0 aromatic carbocycles. The first-order valence-electron chi connectivity index (χ1n) is 10.3. The standard InChI is InChI=1S/C20H20F3N3O7/c21-20(22,23)19(31)33-12-3-1-10-14(15(12)32-6-5-9-7-24-8-9)18(30)26(17(10)29)11-2-4-13(27)25-16(11)28/h1,3,9-11,14,24H,2,4-8H2,(H,25,27,28). The van der Waals surface area contributed by atoms with Gasteiger partial charge >= 0.3 is 12.1 Å². The molecule has 1 aliphatic carbocycles. The Kier molecular flexibility index (Phi) is 5.99. The third kappa shape index (κ3) is 4.36. The van der Waals surface area contributed by atoms with Crippen molar-refractivity contribution in [3.8, 4) is 0 Å². The number of hydrogen-bond acceptors (Lipinski definition) is 8. The van der Waals surface area contributed by atoms with Gasteiger partial charge in [-0.2, -0.15) is 13.2 Å². The van der Waals surface area contributed by atoms with Crippen molar-refractivity contribution in [1.29, 1.82) is 0 Å². The summed E-state index contributed by atoms with van der Waals surface area (Å²) in [7, 11) is 0. The van der Waals surface area contributed by atoms with Crippen LogP contribution >= 0.6 is 0 Å². The van der Waals surface area contributed by atoms with Crippen LogP contribution in [-0.4, -0.2) is 66.4 Å². The smallest absolute Gasteiger partial charge is 0.491 e. The summed E-state index contributed by atoms with van der Waals surface area (Å²) in [6.45, 7) is 1.50. The van der Waals surface area contributed by atoms with Crippen LogP contribution in [0, 0.1) is 17.8 Å². The van der Waals surface area contributed by atoms with Crippen LogP contribution in [0.1, 0.15) is 19.3 Å². The van der Waals surface area contributed by atoms with Gasteiger partial charge in [-0.3, -0.25) is 29.4 Å². The predicted molar refractivity (Wildman–Crippen MR) is 100 cm³/mol. The fourth-order valence-corrected chi connectivity index (χ4v) is 4.14. The molecule has 3 unspecified atom stereocenters. The maximum atomic E-state index is 13.2. The Bertz CT molecular complexity index is 970. The van der Waals surface area contributed by atoms with E-state index in [1.165, 1.54) is 0 Å². The molecule has 4 amide bonds. The Labute approximate surface area is 185 Å². The summed E-state index contributed by atoms with van der Waals surface area (Å²) in [6, 6.07) is -1.23. The lowest BCUT2D eigenvalue weighted by atomic mass is 9.88. The molecule has 3 fully saturated rings. The van der Waals surface area contributed by atoms with Crippen molar-refractivity contribution >= 4 is 29.6 Å². The largest absolute Gasteiger partial charge is 0.493 e. The fourth-order valence-electron chi connectivity index (χ4n) is 4.14. The van der Waals surface area contributed by atoms with Gasteiger partial charge in [-0.15, -0.1) is 0 Å². The molecule has 0 aromatic heterocycles. The van der Waals surface area contributed by atoms with E-state index in [2.05, 4.69) is 15.4 Å². The van der Waals surface area contributed by atoms with Crippen molar-refractivity contribution in [3.05, 3.63) is 23.7 Å². The van der Waals surface area contributed by atoms with Gasteiger partial charge in [0.2, 0.25) is 23.6 Å². The normalized spacial score (nSPS) is 28.0. The summed E-state index contributed by atoms with van der Waals surface area (Å²) in [5, 5.41) is 5.13. The number of esters is 1. The SMILES string of the molecule is O=C1CCC(N2C(=O)C3C=CC(OC(=O)C(F)(F)F)=C(OCCC4CNC4)C3C2=O)C(=O)N1. The highest BCUT2D eigenvalue weighted by Gasteiger charge is 2.55. The zero-order valence-electron chi connectivity index (χ0n) is 17.1. The minimum absolute atomic E-state index is 0.0195. The molecule has 178 valence electrons. The Hall–Kier alpha value is -3.22. The van der Waals surface area contributed by atoms with Gasteiger partial charge in [-0.05, 0) is 37.9 Å². The molecule has 0 spiro atoms. The molecule has 0 saturated carbocycles. The molecule has 3 heterocycles. The van der Waals surface area contributed by atoms with E-state index in [4.69, 9.17) is 4.74 Å². The molecule has 3 aliphatic heterocycles. The highest BCUT2D eigenvalue weighted by atomic mass is 19.4. The van der Waals surface area contributed by atoms with Crippen LogP contribution in [0.2, 0.25) is 0 Å². The summed E-state index contributed by atoms with van der Waals surface area (Å²) in [5.41, 5.74) is 0. The van der Waals surface area contributed by atoms with Crippen molar-refractivity contribution in [2.45, 2.75) is 31.5 Å². The number of rotatable bonds is 6. The lowest BCUT2D eigenvalue weighted by Crippen LogP contribution is -2.54. The van der Waals surface area contributed by atoms with Crippen LogP contribution in [0.25, 0.3) is 0 Å². The molecule has 3 atom stereocenters. The average Bonchev–Trinajstić information content (AvgIpc) is 2.95. The Morgan fingerprint density at radius 3 is 2.48 bits per heavy atom. The van der Waals surface area contributed by atoms with E-state index in [1.807, 2.05) is 0 Å². The first kappa shape index (κ1) is 23.0. The van der Waals surface area contributed by atoms with Crippen molar-refractivity contribution in [2.24, 2.45) is 17.8 Å². The molecule has 4 rings (SSSR count). The number of allylic oxidation sites excluding steroid dienone is 1. The maximum Gasteiger partial charge on any atom is 0.491 e. The second-order valence-electron chi connectivity index (χ2n) is 8.15. The number of nitrogens with one attached hydrogen (secondary N) is 2. The molecule has 10 nitrogen and oxygen atoms in total. The van der Waals surface area contributed by atoms with Gasteiger partial charge in [0, 0.05) is 6.42 Å². The number of fused-ring (bicyclic) bond motifs is 1. The maximum absolute atomic E-state index is 13.2. The van der Waals surface area contributed by atoms with E-state index in [1.54, 1.807) is 0 Å². The summed E-state index contributed by atoms with van der Waals surface area (Å²) in [5.74, 6) is -8.69. The number of alkyl halides is 3. The van der Waals surface area contributed by atoms with E-state index in [0.29, 0.717) is 6.42 Å². The van der Waals surface area contributed by atoms with Crippen molar-refractivity contribution < 1.29 is 46.6 Å². The lowest BCUT2D eigenvalue weighted by Gasteiger charge is -2.29. The highest BCUT2D eigenvalue weighted by Crippen LogP contribution is 2.41. The van der Waals surface area contributed by atoms with Crippen LogP contribution in [0.4, 0.5) is 13.2 Å². The third-order valence-corrected chi connectivity index (χ3v) is 5.97. The first-order chi connectivity index (χ1) is 15.6. The zero-order chi connectivity index (χ0) is 23.9. The number of carbonyl (C=O) groups is 5. The summed E-state index contributed by atoms with van der Waals surface area (Å²) in [4.78, 5) is 62.0. The molecular weight excluding hydrogens is 451 g/mol. The molecule has 13 heteroatoms. The second-order valence-corrected chi connectivity index (χ2v) is 8.15. The summed E-state index contributed by atoms with van der Waals surface area (Å²) < 4.78 is 48.4. The minimum atomic E-state index is -5.28. The van der Waals surface area contributed by atoms with Crippen LogP contribution in [0.5, 0.6) is 0 Å². The van der Waals surface area contributed by atoms with Crippen LogP contribution in [0.15, 0.2) is 23.7 Å². The lowest BCUT2D eigenvalue weighted by molar-refractivity contribution is -0.195. The number of nitrogens with zero attached hydrogens (tertiary/aromatic N) is 1. The predicted octanol–water partition coefficient (Wildman–Crippen LogP) is -0.0942. The minimum Gasteiger partial charge on any atom is -0.493 e. The number of ether oxygens (including phenoxy) is 2. The Balaban J connectivity index is 1.61. The molecule has 2 N–H and O–H groups in total. The van der Waals surface area contributed by atoms with Crippen LogP contribution in [-0.2, 0) is 33.4 Å². The van der Waals surface area contributed by atoms with Crippen LogP contribution < -0.4 is 10.6 Å². The van der Waals surface area contributed by atoms with Crippen molar-refractivity contribution in [2.75, 3.05) is 19.7 Å². The average molecular weight is 471 g/mol. The number of likely N-dealkylation sites (tertiary alicyclic amines) is 1. The van der Waals surface area contributed by atoms with E-state index < -0.39 is 59.4 Å². The Morgan fingerprint density at radius 1 is 1.15 bits per heavy atom. The van der Waals surface area contributed by atoms with E-state index in [9.17, 15) is 37.1 Å². The van der Waals surface area contributed by atoms with E-state index in [-0.39, 0.29) is 31.1 Å². The zero-order valence-corrected chi connectivity index (χ0v) is 17.1. The molecule has 0 radical (unpaired) electrons. The number of carbonyl (C=O) groups excluding carboxylic acids is 5. The molecule has 3 saturated heterocycles. The Morgan fingerprint density at radius 2 is 1.88 bits per heavy atom. The highest BCUT2D eigenvalue weighted by molar-refractivity contribution is 6.12. The number of hydrogen-bond donors (Lipinski definition) is 2. The molecule has 33 heavy (non-hydrogen) atoms. The van der Waals surface area contributed by atoms with E-state index in [0.717, 1.165) is 30.1 Å². The summed E-state index contributed by atoms with van der Waals surface area (Å²) >= 11 is 0. The third-order valence-electron chi connectivity index (χ3n) is 5.97. The van der Waals surface area contributed by atoms with Gasteiger partial charge < -0.3 is 14.8 Å². The topological polar surface area (TPSA) is 131 Å². The number of imide groups is 2. The quantitative estimate of drug-likeness (QED) is 0.406. The first-order valence-corrected chi connectivity index (χ1v) is 10.3. The van der Waals surface area contributed by atoms with Gasteiger partial charge in [-0.1, -0.05) is 6.08 Å². The van der Waals surface area contributed by atoms with Gasteiger partial charge in [0.05, 0.1) is 12.5 Å². The summed E-state index contributed by atoms with van der Waals surface area (Å²) in [6.07, 6.45) is -2.77. The second kappa shape index (κ2) is 8.61. The number of amides is 4.